The van der Waals surface area contributed by atoms with E-state index in [1.54, 1.807) is 42.5 Å². The lowest BCUT2D eigenvalue weighted by Gasteiger charge is -2.07. The van der Waals surface area contributed by atoms with Gasteiger partial charge >= 0.3 is 0 Å². The third-order valence-corrected chi connectivity index (χ3v) is 2.09. The Morgan fingerprint density at radius 2 is 1.88 bits per heavy atom. The lowest BCUT2D eigenvalue weighted by Crippen LogP contribution is -1.89. The molecule has 0 saturated heterocycles. The second-order valence-corrected chi connectivity index (χ2v) is 3.28. The van der Waals surface area contributed by atoms with Crippen molar-refractivity contribution in [1.82, 2.24) is 0 Å². The zero-order valence-corrected chi connectivity index (χ0v) is 8.55. The summed E-state index contributed by atoms with van der Waals surface area (Å²) in [7, 11) is 0. The molecule has 3 heteroatoms. The first kappa shape index (κ1) is 10.1. The monoisotopic (exact) mass is 210 g/mol. The fourth-order valence-corrected chi connectivity index (χ4v) is 1.35. The predicted molar refractivity (Wildman–Crippen MR) is 62.1 cm³/mol. The molecule has 2 aromatic rings. The van der Waals surface area contributed by atoms with Gasteiger partial charge in [-0.15, -0.1) is 0 Å². The SMILES string of the molecule is N#Cc1ccccc1Oc1cccc(N)c1. The molecule has 0 amide bonds. The van der Waals surface area contributed by atoms with E-state index in [1.165, 1.54) is 0 Å². The molecule has 0 bridgehead atoms. The van der Waals surface area contributed by atoms with Crippen molar-refractivity contribution in [3.8, 4) is 17.6 Å². The number of para-hydroxylation sites is 1. The Balaban J connectivity index is 2.31. The molecule has 2 aromatic carbocycles. The van der Waals surface area contributed by atoms with E-state index in [1.807, 2.05) is 6.07 Å². The quantitative estimate of drug-likeness (QED) is 0.775. The van der Waals surface area contributed by atoms with Crippen LogP contribution in [0.4, 0.5) is 5.69 Å². The molecule has 0 radical (unpaired) electrons. The smallest absolute Gasteiger partial charge is 0.145 e. The molecule has 0 spiro atoms. The second kappa shape index (κ2) is 4.37. The van der Waals surface area contributed by atoms with E-state index in [0.29, 0.717) is 22.7 Å². The van der Waals surface area contributed by atoms with Crippen molar-refractivity contribution in [2.24, 2.45) is 0 Å². The molecular formula is C13H10N2O. The second-order valence-electron chi connectivity index (χ2n) is 3.28. The normalized spacial score (nSPS) is 9.44. The highest BCUT2D eigenvalue weighted by atomic mass is 16.5. The number of nitriles is 1. The van der Waals surface area contributed by atoms with Crippen molar-refractivity contribution in [3.63, 3.8) is 0 Å². The third kappa shape index (κ3) is 2.12. The lowest BCUT2D eigenvalue weighted by molar-refractivity contribution is 0.481. The Morgan fingerprint density at radius 3 is 2.62 bits per heavy atom. The lowest BCUT2D eigenvalue weighted by atomic mass is 10.2. The summed E-state index contributed by atoms with van der Waals surface area (Å²) < 4.78 is 5.58. The van der Waals surface area contributed by atoms with Crippen molar-refractivity contribution in [1.29, 1.82) is 5.26 Å². The average molecular weight is 210 g/mol. The van der Waals surface area contributed by atoms with E-state index in [4.69, 9.17) is 15.7 Å². The summed E-state index contributed by atoms with van der Waals surface area (Å²) in [6, 6.07) is 16.3. The maximum atomic E-state index is 8.90. The minimum atomic E-state index is 0.505. The molecule has 16 heavy (non-hydrogen) atoms. The van der Waals surface area contributed by atoms with E-state index < -0.39 is 0 Å². The van der Waals surface area contributed by atoms with Gasteiger partial charge in [-0.3, -0.25) is 0 Å². The summed E-state index contributed by atoms with van der Waals surface area (Å²) >= 11 is 0. The van der Waals surface area contributed by atoms with Gasteiger partial charge in [-0.1, -0.05) is 18.2 Å². The summed E-state index contributed by atoms with van der Waals surface area (Å²) in [6.07, 6.45) is 0. The molecular weight excluding hydrogens is 200 g/mol. The number of hydrogen-bond acceptors (Lipinski definition) is 3. The maximum absolute atomic E-state index is 8.90. The molecule has 0 heterocycles. The van der Waals surface area contributed by atoms with Gasteiger partial charge in [0.15, 0.2) is 0 Å². The molecule has 2 N–H and O–H groups in total. The van der Waals surface area contributed by atoms with Crippen molar-refractivity contribution in [2.75, 3.05) is 5.73 Å². The first-order chi connectivity index (χ1) is 7.79. The van der Waals surface area contributed by atoms with Gasteiger partial charge in [0.05, 0.1) is 5.56 Å². The molecule has 0 aromatic heterocycles. The summed E-state index contributed by atoms with van der Waals surface area (Å²) in [5, 5.41) is 8.90. The highest BCUT2D eigenvalue weighted by Crippen LogP contribution is 2.25. The maximum Gasteiger partial charge on any atom is 0.145 e. The predicted octanol–water partition coefficient (Wildman–Crippen LogP) is 2.93. The number of anilines is 1. The van der Waals surface area contributed by atoms with Crippen molar-refractivity contribution in [3.05, 3.63) is 54.1 Å². The van der Waals surface area contributed by atoms with E-state index in [2.05, 4.69) is 6.07 Å². The molecule has 3 nitrogen and oxygen atoms in total. The summed E-state index contributed by atoms with van der Waals surface area (Å²) in [6.45, 7) is 0. The number of benzene rings is 2. The molecule has 0 fully saturated rings. The minimum absolute atomic E-state index is 0.505. The van der Waals surface area contributed by atoms with Gasteiger partial charge in [-0.05, 0) is 24.3 Å². The molecule has 0 aliphatic heterocycles. The van der Waals surface area contributed by atoms with Crippen LogP contribution in [0.2, 0.25) is 0 Å². The third-order valence-electron chi connectivity index (χ3n) is 2.09. The zero-order chi connectivity index (χ0) is 11.4. The number of nitrogen functional groups attached to an aromatic ring is 1. The Hall–Kier alpha value is -2.47. The number of hydrogen-bond donors (Lipinski definition) is 1. The number of ether oxygens (including phenoxy) is 1. The van der Waals surface area contributed by atoms with Crippen LogP contribution in [0.3, 0.4) is 0 Å². The first-order valence-corrected chi connectivity index (χ1v) is 4.82. The molecule has 0 aliphatic rings. The van der Waals surface area contributed by atoms with Crippen LogP contribution in [0.5, 0.6) is 11.5 Å². The summed E-state index contributed by atoms with van der Waals surface area (Å²) in [4.78, 5) is 0. The van der Waals surface area contributed by atoms with E-state index in [0.717, 1.165) is 0 Å². The van der Waals surface area contributed by atoms with Gasteiger partial charge in [-0.2, -0.15) is 5.26 Å². The van der Waals surface area contributed by atoms with Gasteiger partial charge in [0.1, 0.15) is 17.6 Å². The number of rotatable bonds is 2. The van der Waals surface area contributed by atoms with Crippen LogP contribution in [0.15, 0.2) is 48.5 Å². The molecule has 0 atom stereocenters. The van der Waals surface area contributed by atoms with Gasteiger partial charge < -0.3 is 10.5 Å². The van der Waals surface area contributed by atoms with Crippen molar-refractivity contribution in [2.45, 2.75) is 0 Å². The molecule has 78 valence electrons. The average Bonchev–Trinajstić information content (AvgIpc) is 2.30. The molecule has 0 saturated carbocycles. The van der Waals surface area contributed by atoms with Gasteiger partial charge in [0, 0.05) is 11.8 Å². The van der Waals surface area contributed by atoms with Crippen LogP contribution in [0, 0.1) is 11.3 Å². The van der Waals surface area contributed by atoms with Crippen LogP contribution in [0.25, 0.3) is 0 Å². The topological polar surface area (TPSA) is 59.0 Å². The fourth-order valence-electron chi connectivity index (χ4n) is 1.35. The molecule has 0 unspecified atom stereocenters. The Labute approximate surface area is 93.7 Å². The van der Waals surface area contributed by atoms with Gasteiger partial charge in [0.2, 0.25) is 0 Å². The molecule has 0 aliphatic carbocycles. The Kier molecular flexibility index (Phi) is 2.75. The fraction of sp³-hybridized carbons (Fsp3) is 0. The highest BCUT2D eigenvalue weighted by molar-refractivity contribution is 5.48. The van der Waals surface area contributed by atoms with Gasteiger partial charge in [0.25, 0.3) is 0 Å². The van der Waals surface area contributed by atoms with Crippen LogP contribution < -0.4 is 10.5 Å². The minimum Gasteiger partial charge on any atom is -0.456 e. The first-order valence-electron chi connectivity index (χ1n) is 4.82. The van der Waals surface area contributed by atoms with E-state index in [-0.39, 0.29) is 0 Å². The van der Waals surface area contributed by atoms with Crippen LogP contribution in [-0.2, 0) is 0 Å². The largest absolute Gasteiger partial charge is 0.456 e. The van der Waals surface area contributed by atoms with Crippen LogP contribution in [-0.4, -0.2) is 0 Å². The van der Waals surface area contributed by atoms with Crippen molar-refractivity contribution >= 4 is 5.69 Å². The number of nitrogens with zero attached hydrogens (tertiary/aromatic N) is 1. The van der Waals surface area contributed by atoms with Crippen molar-refractivity contribution < 1.29 is 4.74 Å². The zero-order valence-electron chi connectivity index (χ0n) is 8.55. The van der Waals surface area contributed by atoms with Crippen LogP contribution in [0.1, 0.15) is 5.56 Å². The standard InChI is InChI=1S/C13H10N2O/c14-9-10-4-1-2-7-13(10)16-12-6-3-5-11(15)8-12/h1-8H,15H2. The van der Waals surface area contributed by atoms with E-state index >= 15 is 0 Å². The molecule has 2 rings (SSSR count). The Morgan fingerprint density at radius 1 is 1.06 bits per heavy atom. The summed E-state index contributed by atoms with van der Waals surface area (Å²) in [5.74, 6) is 1.17. The van der Waals surface area contributed by atoms with Gasteiger partial charge in [-0.25, -0.2) is 0 Å². The van der Waals surface area contributed by atoms with Crippen LogP contribution >= 0.6 is 0 Å². The highest BCUT2D eigenvalue weighted by Gasteiger charge is 2.03. The summed E-state index contributed by atoms with van der Waals surface area (Å²) in [5.41, 5.74) is 6.77. The Bertz CT molecular complexity index is 544. The number of nitrogens with two attached hydrogens (primary N) is 1. The van der Waals surface area contributed by atoms with E-state index in [9.17, 15) is 0 Å².